The average Bonchev–Trinajstić information content (AvgIpc) is 2.92. The molecular formula is C17H27N3O2. The van der Waals surface area contributed by atoms with Gasteiger partial charge in [-0.15, -0.1) is 0 Å². The van der Waals surface area contributed by atoms with E-state index in [-0.39, 0.29) is 6.03 Å². The number of anilines is 2. The Morgan fingerprint density at radius 3 is 2.64 bits per heavy atom. The van der Waals surface area contributed by atoms with Gasteiger partial charge in [-0.05, 0) is 38.0 Å². The highest BCUT2D eigenvalue weighted by Gasteiger charge is 2.33. The third-order valence-electron chi connectivity index (χ3n) is 4.42. The maximum atomic E-state index is 12.3. The van der Waals surface area contributed by atoms with Crippen LogP contribution in [0.5, 0.6) is 0 Å². The van der Waals surface area contributed by atoms with Crippen LogP contribution in [0.4, 0.5) is 16.2 Å². The minimum Gasteiger partial charge on any atom is -0.388 e. The molecule has 0 aromatic heterocycles. The molecular weight excluding hydrogens is 278 g/mol. The predicted octanol–water partition coefficient (Wildman–Crippen LogP) is 2.91. The van der Waals surface area contributed by atoms with E-state index in [1.807, 2.05) is 31.3 Å². The fourth-order valence-electron chi connectivity index (χ4n) is 2.93. The van der Waals surface area contributed by atoms with Crippen molar-refractivity contribution in [1.82, 2.24) is 4.90 Å². The summed E-state index contributed by atoms with van der Waals surface area (Å²) in [5.74, 6) is 0. The number of carbonyl (C=O) groups excluding carboxylic acids is 1. The van der Waals surface area contributed by atoms with Crippen LogP contribution in [0.1, 0.15) is 32.6 Å². The van der Waals surface area contributed by atoms with Crippen molar-refractivity contribution in [3.8, 4) is 0 Å². The second-order valence-corrected chi connectivity index (χ2v) is 6.28. The van der Waals surface area contributed by atoms with Gasteiger partial charge in [0, 0.05) is 32.0 Å². The maximum absolute atomic E-state index is 12.3. The molecule has 22 heavy (non-hydrogen) atoms. The number of rotatable bonds is 5. The van der Waals surface area contributed by atoms with Crippen LogP contribution in [-0.4, -0.2) is 48.8 Å². The molecule has 5 heteroatoms. The molecule has 0 heterocycles. The normalized spacial score (nSPS) is 16.4. The van der Waals surface area contributed by atoms with Gasteiger partial charge < -0.3 is 20.2 Å². The molecule has 0 saturated heterocycles. The lowest BCUT2D eigenvalue weighted by Gasteiger charge is -2.28. The Hall–Kier alpha value is -1.75. The second kappa shape index (κ2) is 7.01. The summed E-state index contributed by atoms with van der Waals surface area (Å²) in [7, 11) is 3.75. The Morgan fingerprint density at radius 1 is 1.32 bits per heavy atom. The molecule has 0 atom stereocenters. The number of benzene rings is 1. The first-order valence-electron chi connectivity index (χ1n) is 7.99. The van der Waals surface area contributed by atoms with Crippen LogP contribution >= 0.6 is 0 Å². The standard InChI is InChI=1S/C17H27N3O2/c1-4-19(2)15-9-7-8-14(12-15)18-16(21)20(3)13-17(22)10-5-6-11-17/h7-9,12,22H,4-6,10-11,13H2,1-3H3,(H,18,21). The van der Waals surface area contributed by atoms with Crippen molar-refractivity contribution >= 4 is 17.4 Å². The van der Waals surface area contributed by atoms with Crippen molar-refractivity contribution in [2.75, 3.05) is 37.4 Å². The largest absolute Gasteiger partial charge is 0.388 e. The third-order valence-corrected chi connectivity index (χ3v) is 4.42. The molecule has 0 spiro atoms. The van der Waals surface area contributed by atoms with Crippen LogP contribution in [-0.2, 0) is 0 Å². The van der Waals surface area contributed by atoms with Crippen LogP contribution in [0.2, 0.25) is 0 Å². The van der Waals surface area contributed by atoms with Crippen molar-refractivity contribution in [3.63, 3.8) is 0 Å². The summed E-state index contributed by atoms with van der Waals surface area (Å²) >= 11 is 0. The molecule has 1 fully saturated rings. The van der Waals surface area contributed by atoms with E-state index in [2.05, 4.69) is 17.1 Å². The van der Waals surface area contributed by atoms with E-state index >= 15 is 0 Å². The lowest BCUT2D eigenvalue weighted by molar-refractivity contribution is 0.0262. The Balaban J connectivity index is 1.96. The highest BCUT2D eigenvalue weighted by molar-refractivity contribution is 5.89. The summed E-state index contributed by atoms with van der Waals surface area (Å²) in [6, 6.07) is 7.60. The minimum atomic E-state index is -0.712. The van der Waals surface area contributed by atoms with Crippen molar-refractivity contribution in [2.24, 2.45) is 0 Å². The third kappa shape index (κ3) is 4.13. The van der Waals surface area contributed by atoms with Gasteiger partial charge >= 0.3 is 6.03 Å². The van der Waals surface area contributed by atoms with E-state index in [1.54, 1.807) is 11.9 Å². The fraction of sp³-hybridized carbons (Fsp3) is 0.588. The zero-order valence-electron chi connectivity index (χ0n) is 13.8. The van der Waals surface area contributed by atoms with Crippen molar-refractivity contribution < 1.29 is 9.90 Å². The first-order chi connectivity index (χ1) is 10.4. The summed E-state index contributed by atoms with van der Waals surface area (Å²) in [6.07, 6.45) is 3.64. The maximum Gasteiger partial charge on any atom is 0.321 e. The van der Waals surface area contributed by atoms with Crippen molar-refractivity contribution in [3.05, 3.63) is 24.3 Å². The smallest absolute Gasteiger partial charge is 0.321 e. The molecule has 1 saturated carbocycles. The van der Waals surface area contributed by atoms with Crippen molar-refractivity contribution in [1.29, 1.82) is 0 Å². The van der Waals surface area contributed by atoms with E-state index in [0.717, 1.165) is 43.6 Å². The molecule has 1 aromatic rings. The number of likely N-dealkylation sites (N-methyl/N-ethyl adjacent to an activating group) is 1. The van der Waals surface area contributed by atoms with E-state index < -0.39 is 5.60 Å². The summed E-state index contributed by atoms with van der Waals surface area (Å²) in [4.78, 5) is 16.0. The Bertz CT molecular complexity index is 512. The highest BCUT2D eigenvalue weighted by Crippen LogP contribution is 2.30. The molecule has 1 aromatic carbocycles. The molecule has 0 unspecified atom stereocenters. The van der Waals surface area contributed by atoms with Gasteiger partial charge in [-0.1, -0.05) is 18.9 Å². The Labute approximate surface area is 132 Å². The molecule has 1 aliphatic carbocycles. The number of carbonyl (C=O) groups is 1. The van der Waals surface area contributed by atoms with Crippen molar-refractivity contribution in [2.45, 2.75) is 38.2 Å². The van der Waals surface area contributed by atoms with Gasteiger partial charge in [0.2, 0.25) is 0 Å². The Kier molecular flexibility index (Phi) is 5.29. The number of nitrogens with zero attached hydrogens (tertiary/aromatic N) is 2. The van der Waals surface area contributed by atoms with Crippen LogP contribution in [0.25, 0.3) is 0 Å². The van der Waals surface area contributed by atoms with Crippen LogP contribution < -0.4 is 10.2 Å². The minimum absolute atomic E-state index is 0.184. The monoisotopic (exact) mass is 305 g/mol. The fourth-order valence-corrected chi connectivity index (χ4v) is 2.93. The van der Waals surface area contributed by atoms with Gasteiger partial charge in [-0.3, -0.25) is 0 Å². The molecule has 2 N–H and O–H groups in total. The number of hydrogen-bond acceptors (Lipinski definition) is 3. The quantitative estimate of drug-likeness (QED) is 0.879. The zero-order chi connectivity index (χ0) is 16.2. The number of nitrogens with one attached hydrogen (secondary N) is 1. The number of urea groups is 1. The van der Waals surface area contributed by atoms with Gasteiger partial charge in [-0.2, -0.15) is 0 Å². The van der Waals surface area contributed by atoms with E-state index in [4.69, 9.17) is 0 Å². The molecule has 0 bridgehead atoms. The summed E-state index contributed by atoms with van der Waals surface area (Å²) in [6.45, 7) is 3.37. The van der Waals surface area contributed by atoms with Gasteiger partial charge in [0.15, 0.2) is 0 Å². The zero-order valence-corrected chi connectivity index (χ0v) is 13.8. The van der Waals surface area contributed by atoms with Crippen LogP contribution in [0.3, 0.4) is 0 Å². The SMILES string of the molecule is CCN(C)c1cccc(NC(=O)N(C)CC2(O)CCCC2)c1. The van der Waals surface area contributed by atoms with Crippen LogP contribution in [0, 0.1) is 0 Å². The molecule has 0 aliphatic heterocycles. The van der Waals surface area contributed by atoms with Gasteiger partial charge in [0.25, 0.3) is 0 Å². The van der Waals surface area contributed by atoms with E-state index in [9.17, 15) is 9.90 Å². The first kappa shape index (κ1) is 16.6. The Morgan fingerprint density at radius 2 is 2.00 bits per heavy atom. The molecule has 2 rings (SSSR count). The van der Waals surface area contributed by atoms with Gasteiger partial charge in [-0.25, -0.2) is 4.79 Å². The lowest BCUT2D eigenvalue weighted by atomic mass is 10.0. The summed E-state index contributed by atoms with van der Waals surface area (Å²) < 4.78 is 0. The molecule has 122 valence electrons. The molecule has 2 amide bonds. The highest BCUT2D eigenvalue weighted by atomic mass is 16.3. The first-order valence-corrected chi connectivity index (χ1v) is 7.99. The number of hydrogen-bond donors (Lipinski definition) is 2. The summed E-state index contributed by atoms with van der Waals surface area (Å²) in [5.41, 5.74) is 1.13. The summed E-state index contributed by atoms with van der Waals surface area (Å²) in [5, 5.41) is 13.3. The number of amides is 2. The van der Waals surface area contributed by atoms with E-state index in [1.165, 1.54) is 0 Å². The second-order valence-electron chi connectivity index (χ2n) is 6.28. The molecule has 1 aliphatic rings. The molecule has 5 nitrogen and oxygen atoms in total. The van der Waals surface area contributed by atoms with Gasteiger partial charge in [0.05, 0.1) is 12.1 Å². The van der Waals surface area contributed by atoms with Gasteiger partial charge in [0.1, 0.15) is 0 Å². The predicted molar refractivity (Wildman–Crippen MR) is 90.5 cm³/mol. The van der Waals surface area contributed by atoms with Crippen LogP contribution in [0.15, 0.2) is 24.3 Å². The lowest BCUT2D eigenvalue weighted by Crippen LogP contribution is -2.43. The average molecular weight is 305 g/mol. The topological polar surface area (TPSA) is 55.8 Å². The number of aliphatic hydroxyl groups is 1. The van der Waals surface area contributed by atoms with E-state index in [0.29, 0.717) is 6.54 Å². The molecule has 0 radical (unpaired) electrons.